The summed E-state index contributed by atoms with van der Waals surface area (Å²) >= 11 is 2.00. The van der Waals surface area contributed by atoms with Crippen molar-refractivity contribution in [1.29, 1.82) is 0 Å². The van der Waals surface area contributed by atoms with Crippen molar-refractivity contribution in [2.75, 3.05) is 18.1 Å². The Hall–Kier alpha value is 0.270. The average molecular weight is 231 g/mol. The Kier molecular flexibility index (Phi) is 4.50. The average Bonchev–Trinajstić information content (AvgIpc) is 2.20. The second-order valence-corrected chi connectivity index (χ2v) is 6.44. The van der Waals surface area contributed by atoms with Crippen molar-refractivity contribution in [3.05, 3.63) is 0 Å². The maximum atomic E-state index is 9.30. The molecule has 1 aliphatic heterocycles. The van der Waals surface area contributed by atoms with E-state index in [1.54, 1.807) is 0 Å². The van der Waals surface area contributed by atoms with Crippen molar-refractivity contribution in [3.8, 4) is 0 Å². The van der Waals surface area contributed by atoms with Gasteiger partial charge in [-0.1, -0.05) is 20.8 Å². The van der Waals surface area contributed by atoms with Gasteiger partial charge in [0.05, 0.1) is 0 Å². The number of hydrogen-bond donors (Lipinski definition) is 2. The van der Waals surface area contributed by atoms with E-state index in [9.17, 15) is 5.11 Å². The van der Waals surface area contributed by atoms with Gasteiger partial charge in [-0.05, 0) is 30.4 Å². The summed E-state index contributed by atoms with van der Waals surface area (Å²) in [7, 11) is 0. The van der Waals surface area contributed by atoms with Crippen LogP contribution in [-0.4, -0.2) is 29.3 Å². The van der Waals surface area contributed by atoms with E-state index in [1.807, 2.05) is 11.8 Å². The van der Waals surface area contributed by atoms with Crippen molar-refractivity contribution >= 4 is 11.8 Å². The molecule has 1 heterocycles. The summed E-state index contributed by atoms with van der Waals surface area (Å²) in [5, 5.41) is 9.30. The summed E-state index contributed by atoms with van der Waals surface area (Å²) in [4.78, 5) is 0. The minimum absolute atomic E-state index is 0.124. The molecule has 2 nitrogen and oxygen atoms in total. The van der Waals surface area contributed by atoms with Gasteiger partial charge >= 0.3 is 0 Å². The van der Waals surface area contributed by atoms with Gasteiger partial charge in [-0.2, -0.15) is 11.8 Å². The van der Waals surface area contributed by atoms with Gasteiger partial charge in [-0.25, -0.2) is 0 Å². The molecule has 2 unspecified atom stereocenters. The summed E-state index contributed by atoms with van der Waals surface area (Å²) in [5.41, 5.74) is 6.70. The molecule has 0 amide bonds. The fraction of sp³-hybridized carbons (Fsp3) is 1.00. The third kappa shape index (κ3) is 2.34. The predicted octanol–water partition coefficient (Wildman–Crippen LogP) is 2.26. The van der Waals surface area contributed by atoms with Gasteiger partial charge < -0.3 is 10.8 Å². The highest BCUT2D eigenvalue weighted by molar-refractivity contribution is 7.99. The van der Waals surface area contributed by atoms with E-state index >= 15 is 0 Å². The van der Waals surface area contributed by atoms with Crippen LogP contribution in [0.4, 0.5) is 0 Å². The van der Waals surface area contributed by atoms with Gasteiger partial charge in [0.2, 0.25) is 0 Å². The number of hydrogen-bond acceptors (Lipinski definition) is 3. The lowest BCUT2D eigenvalue weighted by molar-refractivity contribution is 0.0253. The molecule has 0 spiro atoms. The highest BCUT2D eigenvalue weighted by atomic mass is 32.2. The first-order valence-corrected chi connectivity index (χ1v) is 7.10. The van der Waals surface area contributed by atoms with Gasteiger partial charge in [0.15, 0.2) is 0 Å². The van der Waals surface area contributed by atoms with E-state index in [-0.39, 0.29) is 23.5 Å². The molecule has 0 radical (unpaired) electrons. The third-order valence-electron chi connectivity index (χ3n) is 4.29. The summed E-state index contributed by atoms with van der Waals surface area (Å²) < 4.78 is 0. The Balaban J connectivity index is 2.95. The van der Waals surface area contributed by atoms with Gasteiger partial charge in [0.1, 0.15) is 0 Å². The van der Waals surface area contributed by atoms with Crippen LogP contribution in [0.2, 0.25) is 0 Å². The van der Waals surface area contributed by atoms with Crippen molar-refractivity contribution in [1.82, 2.24) is 0 Å². The summed E-state index contributed by atoms with van der Waals surface area (Å²) in [6.07, 6.45) is 3.07. The minimum atomic E-state index is 0.124. The summed E-state index contributed by atoms with van der Waals surface area (Å²) in [6.45, 7) is 7.05. The van der Waals surface area contributed by atoms with Crippen LogP contribution in [0.25, 0.3) is 0 Å². The molecular weight excluding hydrogens is 206 g/mol. The van der Waals surface area contributed by atoms with Crippen molar-refractivity contribution in [2.24, 2.45) is 16.6 Å². The zero-order valence-electron chi connectivity index (χ0n) is 10.3. The fourth-order valence-electron chi connectivity index (χ4n) is 2.82. The molecule has 90 valence electrons. The lowest BCUT2D eigenvalue weighted by Crippen LogP contribution is -2.55. The molecule has 15 heavy (non-hydrogen) atoms. The lowest BCUT2D eigenvalue weighted by atomic mass is 9.59. The van der Waals surface area contributed by atoms with Crippen molar-refractivity contribution in [3.63, 3.8) is 0 Å². The van der Waals surface area contributed by atoms with E-state index in [2.05, 4.69) is 20.8 Å². The minimum Gasteiger partial charge on any atom is -0.396 e. The lowest BCUT2D eigenvalue weighted by Gasteiger charge is -2.53. The van der Waals surface area contributed by atoms with E-state index in [0.29, 0.717) is 0 Å². The van der Waals surface area contributed by atoms with Crippen molar-refractivity contribution < 1.29 is 5.11 Å². The topological polar surface area (TPSA) is 46.2 Å². The number of thioether (sulfide) groups is 1. The smallest absolute Gasteiger partial charge is 0.0437 e. The number of nitrogens with two attached hydrogens (primary N) is 1. The Morgan fingerprint density at radius 2 is 2.13 bits per heavy atom. The van der Waals surface area contributed by atoms with Gasteiger partial charge in [-0.3, -0.25) is 0 Å². The highest BCUT2D eigenvalue weighted by Crippen LogP contribution is 2.52. The van der Waals surface area contributed by atoms with E-state index < -0.39 is 0 Å². The monoisotopic (exact) mass is 231 g/mol. The zero-order valence-corrected chi connectivity index (χ0v) is 11.1. The van der Waals surface area contributed by atoms with E-state index in [1.165, 1.54) is 12.2 Å². The molecule has 0 aromatic rings. The fourth-order valence-corrected chi connectivity index (χ4v) is 4.73. The quantitative estimate of drug-likeness (QED) is 0.780. The van der Waals surface area contributed by atoms with Crippen LogP contribution in [0.3, 0.4) is 0 Å². The van der Waals surface area contributed by atoms with Gasteiger partial charge in [0, 0.05) is 23.8 Å². The molecule has 0 aliphatic carbocycles. The summed E-state index contributed by atoms with van der Waals surface area (Å²) in [6, 6.07) is 0.215. The zero-order chi connectivity index (χ0) is 11.5. The van der Waals surface area contributed by atoms with Crippen LogP contribution in [0, 0.1) is 10.8 Å². The van der Waals surface area contributed by atoms with Crippen molar-refractivity contribution in [2.45, 2.75) is 46.1 Å². The van der Waals surface area contributed by atoms with E-state index in [0.717, 1.165) is 18.6 Å². The predicted molar refractivity (Wildman–Crippen MR) is 68.1 cm³/mol. The Morgan fingerprint density at radius 3 is 2.60 bits per heavy atom. The molecule has 3 heteroatoms. The first-order chi connectivity index (χ1) is 7.00. The number of aliphatic hydroxyl groups excluding tert-OH is 1. The molecule has 1 rings (SSSR count). The first kappa shape index (κ1) is 13.3. The molecule has 0 aromatic heterocycles. The molecule has 1 saturated heterocycles. The standard InChI is InChI=1S/C12H25NOS/c1-4-10(13)12(5-7-14)9-15-8-6-11(12,2)3/h10,14H,4-9,13H2,1-3H3. The van der Waals surface area contributed by atoms with Crippen LogP contribution < -0.4 is 5.73 Å². The molecule has 0 saturated carbocycles. The Morgan fingerprint density at radius 1 is 1.47 bits per heavy atom. The van der Waals surface area contributed by atoms with Gasteiger partial charge in [-0.15, -0.1) is 0 Å². The first-order valence-electron chi connectivity index (χ1n) is 5.94. The largest absolute Gasteiger partial charge is 0.396 e. The number of aliphatic hydroxyl groups is 1. The van der Waals surface area contributed by atoms with Gasteiger partial charge in [0.25, 0.3) is 0 Å². The summed E-state index contributed by atoms with van der Waals surface area (Å²) in [5.74, 6) is 2.34. The second-order valence-electron chi connectivity index (χ2n) is 5.33. The third-order valence-corrected chi connectivity index (χ3v) is 5.50. The molecule has 0 bridgehead atoms. The van der Waals surface area contributed by atoms with Crippen LogP contribution in [0.1, 0.15) is 40.0 Å². The molecule has 1 fully saturated rings. The second kappa shape index (κ2) is 5.07. The van der Waals surface area contributed by atoms with Crippen LogP contribution in [-0.2, 0) is 0 Å². The Bertz CT molecular complexity index is 204. The number of rotatable bonds is 4. The molecule has 0 aromatic carbocycles. The maximum Gasteiger partial charge on any atom is 0.0437 e. The maximum absolute atomic E-state index is 9.30. The van der Waals surface area contributed by atoms with Crippen LogP contribution >= 0.6 is 11.8 Å². The molecule has 2 atom stereocenters. The molecular formula is C12H25NOS. The van der Waals surface area contributed by atoms with Crippen LogP contribution in [0.5, 0.6) is 0 Å². The van der Waals surface area contributed by atoms with Crippen LogP contribution in [0.15, 0.2) is 0 Å². The SMILES string of the molecule is CCC(N)C1(CCO)CSCCC1(C)C. The molecule has 3 N–H and O–H groups in total. The molecule has 1 aliphatic rings. The van der Waals surface area contributed by atoms with E-state index in [4.69, 9.17) is 5.73 Å². The normalized spacial score (nSPS) is 32.6. The highest BCUT2D eigenvalue weighted by Gasteiger charge is 2.49. The Labute approximate surface area is 98.0 Å².